The fraction of sp³-hybridized carbons (Fsp3) is 0.133. The fourth-order valence-electron chi connectivity index (χ4n) is 1.63. The van der Waals surface area contributed by atoms with E-state index in [0.717, 1.165) is 11.1 Å². The molecule has 18 heavy (non-hydrogen) atoms. The summed E-state index contributed by atoms with van der Waals surface area (Å²) in [5.41, 5.74) is 2.01. The number of nitrogens with zero attached hydrogens (tertiary/aromatic N) is 1. The lowest BCUT2D eigenvalue weighted by Crippen LogP contribution is -1.87. The van der Waals surface area contributed by atoms with Crippen LogP contribution in [0, 0.1) is 0 Å². The van der Waals surface area contributed by atoms with Crippen LogP contribution in [0.5, 0.6) is 11.5 Å². The summed E-state index contributed by atoms with van der Waals surface area (Å²) >= 11 is 0. The van der Waals surface area contributed by atoms with Crippen molar-refractivity contribution in [2.24, 2.45) is 4.99 Å². The Kier molecular flexibility index (Phi) is 3.97. The molecule has 2 aromatic carbocycles. The Hall–Kier alpha value is -2.29. The highest BCUT2D eigenvalue weighted by Crippen LogP contribution is 2.25. The molecule has 0 aliphatic carbocycles. The van der Waals surface area contributed by atoms with E-state index >= 15 is 0 Å². The molecule has 0 saturated heterocycles. The Balaban J connectivity index is 2.03. The van der Waals surface area contributed by atoms with Gasteiger partial charge in [-0.05, 0) is 29.3 Å². The van der Waals surface area contributed by atoms with Gasteiger partial charge in [0.15, 0.2) is 11.5 Å². The molecular weight excluding hydrogens is 226 g/mol. The molecular formula is C15H15NO2. The highest BCUT2D eigenvalue weighted by atomic mass is 16.5. The van der Waals surface area contributed by atoms with E-state index in [1.807, 2.05) is 36.4 Å². The predicted octanol–water partition coefficient (Wildman–Crippen LogP) is 3.02. The van der Waals surface area contributed by atoms with Gasteiger partial charge in [0.1, 0.15) is 0 Å². The molecule has 3 heteroatoms. The second-order valence-corrected chi connectivity index (χ2v) is 3.89. The first-order valence-electron chi connectivity index (χ1n) is 5.70. The van der Waals surface area contributed by atoms with Gasteiger partial charge in [0.05, 0.1) is 13.7 Å². The third kappa shape index (κ3) is 3.10. The van der Waals surface area contributed by atoms with Gasteiger partial charge in [-0.15, -0.1) is 0 Å². The highest BCUT2D eigenvalue weighted by Gasteiger charge is 2.00. The Morgan fingerprint density at radius 2 is 1.94 bits per heavy atom. The predicted molar refractivity (Wildman–Crippen MR) is 72.4 cm³/mol. The zero-order valence-corrected chi connectivity index (χ0v) is 10.2. The molecule has 0 heterocycles. The van der Waals surface area contributed by atoms with E-state index in [1.165, 1.54) is 7.11 Å². The molecule has 0 unspecified atom stereocenters. The van der Waals surface area contributed by atoms with Crippen LogP contribution < -0.4 is 4.74 Å². The van der Waals surface area contributed by atoms with Gasteiger partial charge in [0.2, 0.25) is 0 Å². The number of benzene rings is 2. The van der Waals surface area contributed by atoms with E-state index in [4.69, 9.17) is 4.74 Å². The first kappa shape index (κ1) is 12.2. The lowest BCUT2D eigenvalue weighted by molar-refractivity contribution is 0.373. The molecule has 0 aliphatic rings. The Labute approximate surface area is 106 Å². The number of methoxy groups -OCH3 is 1. The second-order valence-electron chi connectivity index (χ2n) is 3.89. The van der Waals surface area contributed by atoms with Gasteiger partial charge in [-0.3, -0.25) is 4.99 Å². The van der Waals surface area contributed by atoms with Crippen molar-refractivity contribution >= 4 is 6.21 Å². The molecule has 92 valence electrons. The SMILES string of the molecule is COc1ccc(C=NCc2ccccc2)cc1O. The molecule has 2 rings (SSSR count). The summed E-state index contributed by atoms with van der Waals surface area (Å²) in [5.74, 6) is 0.594. The van der Waals surface area contributed by atoms with Crippen molar-refractivity contribution in [3.05, 3.63) is 59.7 Å². The van der Waals surface area contributed by atoms with Crippen molar-refractivity contribution < 1.29 is 9.84 Å². The maximum absolute atomic E-state index is 9.62. The van der Waals surface area contributed by atoms with Gasteiger partial charge in [-0.25, -0.2) is 0 Å². The zero-order chi connectivity index (χ0) is 12.8. The minimum absolute atomic E-state index is 0.126. The standard InChI is InChI=1S/C15H15NO2/c1-18-15-8-7-13(9-14(15)17)11-16-10-12-5-3-2-4-6-12/h2-9,11,17H,10H2,1H3. The van der Waals surface area contributed by atoms with Gasteiger partial charge < -0.3 is 9.84 Å². The van der Waals surface area contributed by atoms with Crippen LogP contribution in [-0.2, 0) is 6.54 Å². The number of rotatable bonds is 4. The van der Waals surface area contributed by atoms with E-state index in [2.05, 4.69) is 4.99 Å². The molecule has 0 aliphatic heterocycles. The van der Waals surface area contributed by atoms with Crippen molar-refractivity contribution in [3.8, 4) is 11.5 Å². The molecule has 3 nitrogen and oxygen atoms in total. The lowest BCUT2D eigenvalue weighted by atomic mass is 10.2. The summed E-state index contributed by atoms with van der Waals surface area (Å²) in [5, 5.41) is 9.62. The first-order chi connectivity index (χ1) is 8.79. The van der Waals surface area contributed by atoms with Crippen LogP contribution in [0.25, 0.3) is 0 Å². The van der Waals surface area contributed by atoms with Gasteiger partial charge >= 0.3 is 0 Å². The lowest BCUT2D eigenvalue weighted by Gasteiger charge is -2.03. The van der Waals surface area contributed by atoms with Gasteiger partial charge in [-0.1, -0.05) is 30.3 Å². The topological polar surface area (TPSA) is 41.8 Å². The van der Waals surface area contributed by atoms with E-state index in [9.17, 15) is 5.11 Å². The molecule has 0 spiro atoms. The summed E-state index contributed by atoms with van der Waals surface area (Å²) in [6, 6.07) is 15.2. The summed E-state index contributed by atoms with van der Waals surface area (Å²) in [6.45, 7) is 0.633. The number of aliphatic imine (C=N–C) groups is 1. The number of aromatic hydroxyl groups is 1. The van der Waals surface area contributed by atoms with E-state index in [0.29, 0.717) is 12.3 Å². The summed E-state index contributed by atoms with van der Waals surface area (Å²) in [6.07, 6.45) is 1.74. The van der Waals surface area contributed by atoms with Crippen molar-refractivity contribution in [3.63, 3.8) is 0 Å². The minimum atomic E-state index is 0.126. The molecule has 0 radical (unpaired) electrons. The third-order valence-corrected chi connectivity index (χ3v) is 2.56. The van der Waals surface area contributed by atoms with Crippen LogP contribution in [-0.4, -0.2) is 18.4 Å². The van der Waals surface area contributed by atoms with Gasteiger partial charge in [0.25, 0.3) is 0 Å². The Bertz CT molecular complexity index is 535. The maximum Gasteiger partial charge on any atom is 0.160 e. The van der Waals surface area contributed by atoms with E-state index in [-0.39, 0.29) is 5.75 Å². The smallest absolute Gasteiger partial charge is 0.160 e. The average Bonchev–Trinajstić information content (AvgIpc) is 2.40. The monoisotopic (exact) mass is 241 g/mol. The number of ether oxygens (including phenoxy) is 1. The largest absolute Gasteiger partial charge is 0.504 e. The van der Waals surface area contributed by atoms with E-state index in [1.54, 1.807) is 18.3 Å². The Morgan fingerprint density at radius 1 is 1.17 bits per heavy atom. The van der Waals surface area contributed by atoms with Crippen LogP contribution in [0.3, 0.4) is 0 Å². The molecule has 2 aromatic rings. The average molecular weight is 241 g/mol. The number of hydrogen-bond donors (Lipinski definition) is 1. The third-order valence-electron chi connectivity index (χ3n) is 2.56. The molecule has 1 N–H and O–H groups in total. The zero-order valence-electron chi connectivity index (χ0n) is 10.2. The van der Waals surface area contributed by atoms with Crippen LogP contribution in [0.1, 0.15) is 11.1 Å². The molecule has 0 atom stereocenters. The molecule has 0 bridgehead atoms. The molecule has 0 amide bonds. The van der Waals surface area contributed by atoms with Crippen LogP contribution in [0.15, 0.2) is 53.5 Å². The number of hydrogen-bond acceptors (Lipinski definition) is 3. The van der Waals surface area contributed by atoms with Crippen LogP contribution in [0.2, 0.25) is 0 Å². The quantitative estimate of drug-likeness (QED) is 0.836. The molecule has 0 fully saturated rings. The summed E-state index contributed by atoms with van der Waals surface area (Å²) in [7, 11) is 1.53. The van der Waals surface area contributed by atoms with Crippen molar-refractivity contribution in [1.82, 2.24) is 0 Å². The highest BCUT2D eigenvalue weighted by molar-refractivity contribution is 5.80. The van der Waals surface area contributed by atoms with Crippen LogP contribution >= 0.6 is 0 Å². The first-order valence-corrected chi connectivity index (χ1v) is 5.70. The number of phenols is 1. The molecule has 0 aromatic heterocycles. The van der Waals surface area contributed by atoms with E-state index < -0.39 is 0 Å². The second kappa shape index (κ2) is 5.87. The minimum Gasteiger partial charge on any atom is -0.504 e. The molecule has 0 saturated carbocycles. The van der Waals surface area contributed by atoms with Gasteiger partial charge in [0, 0.05) is 6.21 Å². The van der Waals surface area contributed by atoms with Crippen molar-refractivity contribution in [2.45, 2.75) is 6.54 Å². The number of phenolic OH excluding ortho intramolecular Hbond substituents is 1. The Morgan fingerprint density at radius 3 is 2.61 bits per heavy atom. The normalized spacial score (nSPS) is 10.7. The van der Waals surface area contributed by atoms with Crippen molar-refractivity contribution in [2.75, 3.05) is 7.11 Å². The van der Waals surface area contributed by atoms with Gasteiger partial charge in [-0.2, -0.15) is 0 Å². The fourth-order valence-corrected chi connectivity index (χ4v) is 1.63. The summed E-state index contributed by atoms with van der Waals surface area (Å²) < 4.78 is 4.98. The maximum atomic E-state index is 9.62. The van der Waals surface area contributed by atoms with Crippen molar-refractivity contribution in [1.29, 1.82) is 0 Å². The van der Waals surface area contributed by atoms with Crippen LogP contribution in [0.4, 0.5) is 0 Å². The summed E-state index contributed by atoms with van der Waals surface area (Å²) in [4.78, 5) is 4.33.